The van der Waals surface area contributed by atoms with E-state index in [9.17, 15) is 0 Å². The Morgan fingerprint density at radius 3 is 2.44 bits per heavy atom. The average molecular weight is 381 g/mol. The molecule has 0 saturated heterocycles. The van der Waals surface area contributed by atoms with Gasteiger partial charge in [-0.2, -0.15) is 14.9 Å². The molecule has 0 aliphatic rings. The number of nitrogens with one attached hydrogen (secondary N) is 1. The highest BCUT2D eigenvalue weighted by Crippen LogP contribution is 2.19. The Morgan fingerprint density at radius 2 is 1.81 bits per heavy atom. The lowest BCUT2D eigenvalue weighted by atomic mass is 10.0. The van der Waals surface area contributed by atoms with Gasteiger partial charge in [0.2, 0.25) is 4.77 Å². The second-order valence-electron chi connectivity index (χ2n) is 6.59. The van der Waals surface area contributed by atoms with Crippen LogP contribution in [0.5, 0.6) is 5.75 Å². The maximum absolute atomic E-state index is 5.97. The molecule has 0 radical (unpaired) electrons. The first kappa shape index (κ1) is 19.0. The lowest BCUT2D eigenvalue weighted by Gasteiger charge is -2.13. The minimum Gasteiger partial charge on any atom is -0.489 e. The van der Waals surface area contributed by atoms with Crippen LogP contribution in [0, 0.1) is 25.5 Å². The van der Waals surface area contributed by atoms with Crippen LogP contribution < -0.4 is 4.74 Å². The van der Waals surface area contributed by atoms with E-state index >= 15 is 0 Å². The zero-order valence-corrected chi connectivity index (χ0v) is 16.9. The van der Waals surface area contributed by atoms with Gasteiger partial charge in [0.25, 0.3) is 0 Å². The van der Waals surface area contributed by atoms with Crippen molar-refractivity contribution in [2.45, 2.75) is 40.7 Å². The first-order chi connectivity index (χ1) is 13.0. The van der Waals surface area contributed by atoms with E-state index in [1.165, 1.54) is 22.3 Å². The van der Waals surface area contributed by atoms with Crippen LogP contribution in [0.15, 0.2) is 41.5 Å². The maximum Gasteiger partial charge on any atom is 0.216 e. The normalized spacial score (nSPS) is 11.3. The zero-order chi connectivity index (χ0) is 19.4. The summed E-state index contributed by atoms with van der Waals surface area (Å²) in [7, 11) is 0. The number of rotatable bonds is 6. The average Bonchev–Trinajstić information content (AvgIpc) is 3.00. The standard InChI is InChI=1S/C21H24N4OS/c1-5-20-23-24-21(27)25(20)22-12-17-6-8-18(9-7-17)26-13-19-15(3)10-14(2)11-16(19)4/h6-12H,5,13H2,1-4H3,(H,24,27)/b22-12+. The molecule has 0 aliphatic heterocycles. The lowest BCUT2D eigenvalue weighted by Crippen LogP contribution is -2.01. The number of H-pyrrole nitrogens is 1. The molecule has 27 heavy (non-hydrogen) atoms. The van der Waals surface area contributed by atoms with Gasteiger partial charge in [0.1, 0.15) is 12.4 Å². The predicted octanol–water partition coefficient (Wildman–Crippen LogP) is 4.89. The Hall–Kier alpha value is -2.73. The number of hydrogen-bond donors (Lipinski definition) is 1. The highest BCUT2D eigenvalue weighted by molar-refractivity contribution is 7.71. The SMILES string of the molecule is CCc1n[nH]c(=S)n1/N=C/c1ccc(OCc2c(C)cc(C)cc2C)cc1. The molecule has 0 unspecified atom stereocenters. The van der Waals surface area contributed by atoms with Crippen molar-refractivity contribution in [3.8, 4) is 5.75 Å². The summed E-state index contributed by atoms with van der Waals surface area (Å²) in [6.07, 6.45) is 2.53. The maximum atomic E-state index is 5.97. The Balaban J connectivity index is 1.68. The molecule has 3 rings (SSSR count). The van der Waals surface area contributed by atoms with Crippen molar-refractivity contribution in [1.82, 2.24) is 14.9 Å². The summed E-state index contributed by atoms with van der Waals surface area (Å²) in [6, 6.07) is 12.2. The van der Waals surface area contributed by atoms with Crippen LogP contribution in [0.1, 0.15) is 40.6 Å². The summed E-state index contributed by atoms with van der Waals surface area (Å²) in [5.41, 5.74) is 6.02. The molecule has 0 amide bonds. The van der Waals surface area contributed by atoms with Crippen LogP contribution in [0.3, 0.4) is 0 Å². The molecule has 1 aromatic heterocycles. The molecule has 2 aromatic carbocycles. The van der Waals surface area contributed by atoms with Crippen LogP contribution in [-0.4, -0.2) is 21.1 Å². The van der Waals surface area contributed by atoms with Gasteiger partial charge in [0.15, 0.2) is 5.82 Å². The van der Waals surface area contributed by atoms with Gasteiger partial charge in [-0.3, -0.25) is 5.10 Å². The molecule has 5 nitrogen and oxygen atoms in total. The third kappa shape index (κ3) is 4.52. The molecule has 0 fully saturated rings. The highest BCUT2D eigenvalue weighted by atomic mass is 32.1. The van der Waals surface area contributed by atoms with Gasteiger partial charge in [0, 0.05) is 6.42 Å². The van der Waals surface area contributed by atoms with Crippen LogP contribution in [0.2, 0.25) is 0 Å². The van der Waals surface area contributed by atoms with Crippen LogP contribution in [0.4, 0.5) is 0 Å². The molecule has 0 atom stereocenters. The molecule has 1 N–H and O–H groups in total. The number of aromatic amines is 1. The second-order valence-corrected chi connectivity index (χ2v) is 6.98. The minimum absolute atomic E-state index is 0.492. The molecule has 0 aliphatic carbocycles. The molecule has 0 spiro atoms. The Morgan fingerprint density at radius 1 is 1.15 bits per heavy atom. The number of ether oxygens (including phenoxy) is 1. The van der Waals surface area contributed by atoms with Gasteiger partial charge in [-0.1, -0.05) is 24.6 Å². The smallest absolute Gasteiger partial charge is 0.216 e. The zero-order valence-electron chi connectivity index (χ0n) is 16.1. The summed E-state index contributed by atoms with van der Waals surface area (Å²) in [6.45, 7) is 8.95. The molecule has 0 saturated carbocycles. The van der Waals surface area contributed by atoms with Crippen molar-refractivity contribution < 1.29 is 4.74 Å². The fourth-order valence-corrected chi connectivity index (χ4v) is 3.24. The van der Waals surface area contributed by atoms with Crippen LogP contribution >= 0.6 is 12.2 Å². The Kier molecular flexibility index (Phi) is 5.86. The highest BCUT2D eigenvalue weighted by Gasteiger charge is 2.05. The Bertz CT molecular complexity index is 992. The summed E-state index contributed by atoms with van der Waals surface area (Å²) >= 11 is 5.20. The number of hydrogen-bond acceptors (Lipinski definition) is 4. The lowest BCUT2D eigenvalue weighted by molar-refractivity contribution is 0.304. The van der Waals surface area contributed by atoms with Gasteiger partial charge in [-0.15, -0.1) is 0 Å². The van der Waals surface area contributed by atoms with Crippen molar-refractivity contribution in [1.29, 1.82) is 0 Å². The third-order valence-corrected chi connectivity index (χ3v) is 4.72. The quantitative estimate of drug-likeness (QED) is 0.489. The van der Waals surface area contributed by atoms with Crippen molar-refractivity contribution in [3.05, 3.63) is 74.8 Å². The van der Waals surface area contributed by atoms with Gasteiger partial charge in [-0.05, 0) is 79.5 Å². The van der Waals surface area contributed by atoms with E-state index in [0.29, 0.717) is 11.4 Å². The van der Waals surface area contributed by atoms with E-state index in [2.05, 4.69) is 48.2 Å². The minimum atomic E-state index is 0.492. The van der Waals surface area contributed by atoms with Crippen molar-refractivity contribution >= 4 is 18.4 Å². The van der Waals surface area contributed by atoms with Gasteiger partial charge >= 0.3 is 0 Å². The van der Waals surface area contributed by atoms with Gasteiger partial charge in [0.05, 0.1) is 6.21 Å². The van der Waals surface area contributed by atoms with Crippen molar-refractivity contribution in [3.63, 3.8) is 0 Å². The van der Waals surface area contributed by atoms with Crippen molar-refractivity contribution in [2.24, 2.45) is 5.10 Å². The fourth-order valence-electron chi connectivity index (χ4n) is 3.04. The number of aromatic nitrogens is 3. The third-order valence-electron chi connectivity index (χ3n) is 4.46. The summed E-state index contributed by atoms with van der Waals surface area (Å²) in [5, 5.41) is 11.3. The second kappa shape index (κ2) is 8.31. The summed E-state index contributed by atoms with van der Waals surface area (Å²) in [4.78, 5) is 0. The Labute approximate surface area is 164 Å². The monoisotopic (exact) mass is 380 g/mol. The summed E-state index contributed by atoms with van der Waals surface area (Å²) < 4.78 is 8.11. The summed E-state index contributed by atoms with van der Waals surface area (Å²) in [5.74, 6) is 1.64. The van der Waals surface area contributed by atoms with Crippen molar-refractivity contribution in [2.75, 3.05) is 0 Å². The molecule has 3 aromatic rings. The van der Waals surface area contributed by atoms with E-state index in [0.717, 1.165) is 23.6 Å². The topological polar surface area (TPSA) is 55.2 Å². The number of nitrogens with zero attached hydrogens (tertiary/aromatic N) is 3. The molecule has 0 bridgehead atoms. The van der Waals surface area contributed by atoms with Gasteiger partial charge < -0.3 is 4.74 Å². The predicted molar refractivity (Wildman–Crippen MR) is 111 cm³/mol. The largest absolute Gasteiger partial charge is 0.489 e. The number of aryl methyl sites for hydroxylation is 4. The molecular formula is C21H24N4OS. The van der Waals surface area contributed by atoms with E-state index in [1.807, 2.05) is 31.2 Å². The molecule has 1 heterocycles. The first-order valence-electron chi connectivity index (χ1n) is 8.98. The number of benzene rings is 2. The first-order valence-corrected chi connectivity index (χ1v) is 9.39. The molecule has 6 heteroatoms. The molecule has 140 valence electrons. The van der Waals surface area contributed by atoms with Crippen LogP contribution in [-0.2, 0) is 13.0 Å². The van der Waals surface area contributed by atoms with E-state index in [-0.39, 0.29) is 0 Å². The fraction of sp³-hybridized carbons (Fsp3) is 0.286. The van der Waals surface area contributed by atoms with Crippen LogP contribution in [0.25, 0.3) is 0 Å². The van der Waals surface area contributed by atoms with E-state index in [1.54, 1.807) is 10.9 Å². The van der Waals surface area contributed by atoms with E-state index in [4.69, 9.17) is 17.0 Å². The molecular weight excluding hydrogens is 356 g/mol. The van der Waals surface area contributed by atoms with Gasteiger partial charge in [-0.25, -0.2) is 0 Å². The van der Waals surface area contributed by atoms with E-state index < -0.39 is 0 Å².